The first-order chi connectivity index (χ1) is 10.9. The van der Waals surface area contributed by atoms with Crippen LogP contribution in [0, 0.1) is 0 Å². The molecule has 1 heterocycles. The largest absolute Gasteiger partial charge is 0.477 e. The van der Waals surface area contributed by atoms with Crippen molar-refractivity contribution >= 4 is 40.7 Å². The Hall–Kier alpha value is -2.96. The Labute approximate surface area is 137 Å². The molecule has 0 aliphatic carbocycles. The maximum atomic E-state index is 11.6. The van der Waals surface area contributed by atoms with E-state index in [2.05, 4.69) is 27.7 Å². The molecule has 7 nitrogen and oxygen atoms in total. The summed E-state index contributed by atoms with van der Waals surface area (Å²) in [6, 6.07) is 6.42. The number of hydrogen-bond donors (Lipinski definition) is 3. The smallest absolute Gasteiger partial charge is 0.354 e. The summed E-state index contributed by atoms with van der Waals surface area (Å²) in [5.41, 5.74) is 1.13. The molecule has 0 radical (unpaired) electrons. The van der Waals surface area contributed by atoms with Gasteiger partial charge < -0.3 is 15.5 Å². The van der Waals surface area contributed by atoms with Gasteiger partial charge in [0.25, 0.3) is 0 Å². The Morgan fingerprint density at radius 3 is 2.22 bits per heavy atom. The number of isothiocyanates is 1. The predicted molar refractivity (Wildman–Crippen MR) is 87.4 cm³/mol. The summed E-state index contributed by atoms with van der Waals surface area (Å²) in [7, 11) is 0. The molecule has 2 rings (SSSR count). The van der Waals surface area contributed by atoms with Crippen LogP contribution in [0.2, 0.25) is 0 Å². The third-order valence-corrected chi connectivity index (χ3v) is 3.29. The van der Waals surface area contributed by atoms with Gasteiger partial charge in [0.15, 0.2) is 11.4 Å². The van der Waals surface area contributed by atoms with Gasteiger partial charge in [-0.05, 0) is 44.3 Å². The Morgan fingerprint density at radius 1 is 1.17 bits per heavy atom. The highest BCUT2D eigenvalue weighted by atomic mass is 32.1. The molecule has 23 heavy (non-hydrogen) atoms. The van der Waals surface area contributed by atoms with Gasteiger partial charge in [-0.1, -0.05) is 6.07 Å². The summed E-state index contributed by atoms with van der Waals surface area (Å²) in [5, 5.41) is 24.0. The molecule has 8 heteroatoms. The molecule has 0 unspecified atom stereocenters. The van der Waals surface area contributed by atoms with Crippen LogP contribution >= 0.6 is 12.2 Å². The van der Waals surface area contributed by atoms with E-state index in [1.54, 1.807) is 32.0 Å². The van der Waals surface area contributed by atoms with Crippen LogP contribution in [0.4, 0.5) is 11.4 Å². The fourth-order valence-corrected chi connectivity index (χ4v) is 2.48. The number of aliphatic imine (C=N–C) groups is 1. The van der Waals surface area contributed by atoms with Crippen molar-refractivity contribution in [1.82, 2.24) is 5.32 Å². The Morgan fingerprint density at radius 2 is 1.74 bits per heavy atom. The maximum Gasteiger partial charge on any atom is 0.354 e. The number of aliphatic carboxylic acids is 2. The molecule has 3 N–H and O–H groups in total. The third kappa shape index (κ3) is 3.13. The molecule has 0 saturated carbocycles. The number of nitrogens with one attached hydrogen (secondary N) is 1. The highest BCUT2D eigenvalue weighted by Gasteiger charge is 2.33. The van der Waals surface area contributed by atoms with E-state index < -0.39 is 11.9 Å². The van der Waals surface area contributed by atoms with Crippen LogP contribution in [0.25, 0.3) is 0 Å². The molecule has 1 aliphatic rings. The molecule has 0 saturated heterocycles. The van der Waals surface area contributed by atoms with Crippen LogP contribution in [0.1, 0.15) is 13.8 Å². The minimum absolute atomic E-state index is 0.170. The molecule has 0 bridgehead atoms. The quantitative estimate of drug-likeness (QED) is 0.575. The molecule has 0 atom stereocenters. The van der Waals surface area contributed by atoms with Crippen molar-refractivity contribution in [1.29, 1.82) is 0 Å². The van der Waals surface area contributed by atoms with E-state index in [4.69, 9.17) is 0 Å². The molecule has 0 spiro atoms. The van der Waals surface area contributed by atoms with Gasteiger partial charge in [-0.2, -0.15) is 4.99 Å². The fourth-order valence-electron chi connectivity index (χ4n) is 2.37. The first kappa shape index (κ1) is 16.4. The number of benzene rings is 1. The summed E-state index contributed by atoms with van der Waals surface area (Å²) < 4.78 is 0. The van der Waals surface area contributed by atoms with E-state index >= 15 is 0 Å². The molecule has 0 fully saturated rings. The Bertz CT molecular complexity index is 771. The number of carbonyl (C=O) groups is 2. The zero-order valence-corrected chi connectivity index (χ0v) is 13.1. The van der Waals surface area contributed by atoms with Crippen LogP contribution in [0.5, 0.6) is 0 Å². The lowest BCUT2D eigenvalue weighted by atomic mass is 10.1. The van der Waals surface area contributed by atoms with Crippen molar-refractivity contribution in [3.63, 3.8) is 0 Å². The van der Waals surface area contributed by atoms with Gasteiger partial charge in [0, 0.05) is 17.1 Å². The molecule has 1 aromatic carbocycles. The zero-order chi connectivity index (χ0) is 17.1. The second-order valence-corrected chi connectivity index (χ2v) is 4.92. The van der Waals surface area contributed by atoms with Gasteiger partial charge in [0.1, 0.15) is 0 Å². The van der Waals surface area contributed by atoms with Crippen LogP contribution in [-0.2, 0) is 9.59 Å². The second-order valence-electron chi connectivity index (χ2n) is 4.74. The van der Waals surface area contributed by atoms with Crippen LogP contribution in [0.3, 0.4) is 0 Å². The summed E-state index contributed by atoms with van der Waals surface area (Å²) >= 11 is 4.55. The van der Waals surface area contributed by atoms with E-state index in [-0.39, 0.29) is 11.4 Å². The SMILES string of the molecule is CC1=C(C(=O)O)N(c2cccc(N=C=S)c2)C(C(=O)O)=C(C)N1. The van der Waals surface area contributed by atoms with Crippen LogP contribution in [-0.4, -0.2) is 27.3 Å². The predicted octanol–water partition coefficient (Wildman–Crippen LogP) is 2.46. The number of allylic oxidation sites excluding steroid dienone is 2. The first-order valence-corrected chi connectivity index (χ1v) is 6.91. The lowest BCUT2D eigenvalue weighted by molar-refractivity contribution is -0.133. The van der Waals surface area contributed by atoms with Crippen molar-refractivity contribution in [2.75, 3.05) is 4.90 Å². The lowest BCUT2D eigenvalue weighted by Gasteiger charge is -2.32. The minimum atomic E-state index is -1.25. The molecule has 118 valence electrons. The van der Waals surface area contributed by atoms with E-state index in [0.717, 1.165) is 0 Å². The van der Waals surface area contributed by atoms with E-state index in [1.165, 1.54) is 11.0 Å². The maximum absolute atomic E-state index is 11.6. The monoisotopic (exact) mass is 331 g/mol. The fraction of sp³-hybridized carbons (Fsp3) is 0.133. The Kier molecular flexibility index (Phi) is 4.59. The average molecular weight is 331 g/mol. The van der Waals surface area contributed by atoms with E-state index in [0.29, 0.717) is 22.8 Å². The van der Waals surface area contributed by atoms with Crippen LogP contribution in [0.15, 0.2) is 52.0 Å². The molecule has 1 aromatic rings. The number of nitrogens with zero attached hydrogens (tertiary/aromatic N) is 2. The van der Waals surface area contributed by atoms with Crippen molar-refractivity contribution in [2.45, 2.75) is 13.8 Å². The van der Waals surface area contributed by atoms with Crippen LogP contribution < -0.4 is 10.2 Å². The van der Waals surface area contributed by atoms with E-state index in [1.807, 2.05) is 0 Å². The summed E-state index contributed by atoms with van der Waals surface area (Å²) in [5.74, 6) is -2.49. The molecular formula is C15H13N3O4S. The molecule has 1 aliphatic heterocycles. The second kappa shape index (κ2) is 6.43. The number of hydrogen-bond acceptors (Lipinski definition) is 6. The third-order valence-electron chi connectivity index (χ3n) is 3.20. The molecule has 0 amide bonds. The molecule has 0 aromatic heterocycles. The van der Waals surface area contributed by atoms with Gasteiger partial charge in [-0.15, -0.1) is 0 Å². The van der Waals surface area contributed by atoms with Gasteiger partial charge in [-0.25, -0.2) is 9.59 Å². The van der Waals surface area contributed by atoms with Crippen molar-refractivity contribution < 1.29 is 19.8 Å². The van der Waals surface area contributed by atoms with Crippen molar-refractivity contribution in [2.24, 2.45) is 4.99 Å². The number of rotatable bonds is 4. The standard InChI is InChI=1S/C15H13N3O4S/c1-8-12(14(19)20)18(13(15(21)22)9(2)17-8)11-5-3-4-10(6-11)16-7-23/h3-6,17H,1-2H3,(H,19,20)(H,21,22). The number of anilines is 1. The van der Waals surface area contributed by atoms with Gasteiger partial charge in [0.05, 0.1) is 10.8 Å². The van der Waals surface area contributed by atoms with Gasteiger partial charge in [0.2, 0.25) is 0 Å². The Balaban J connectivity index is 2.71. The van der Waals surface area contributed by atoms with E-state index in [9.17, 15) is 19.8 Å². The number of carboxylic acid groups (broad SMARTS) is 2. The first-order valence-electron chi connectivity index (χ1n) is 6.50. The highest BCUT2D eigenvalue weighted by Crippen LogP contribution is 2.32. The van der Waals surface area contributed by atoms with Gasteiger partial charge in [-0.3, -0.25) is 4.90 Å². The molecular weight excluding hydrogens is 318 g/mol. The average Bonchev–Trinajstić information content (AvgIpc) is 2.46. The summed E-state index contributed by atoms with van der Waals surface area (Å²) in [4.78, 5) is 28.3. The van der Waals surface area contributed by atoms with Crippen molar-refractivity contribution in [3.8, 4) is 0 Å². The number of thiocarbonyl (C=S) groups is 1. The summed E-state index contributed by atoms with van der Waals surface area (Å²) in [6.07, 6.45) is 0. The minimum Gasteiger partial charge on any atom is -0.477 e. The lowest BCUT2D eigenvalue weighted by Crippen LogP contribution is -2.39. The zero-order valence-electron chi connectivity index (χ0n) is 12.3. The summed E-state index contributed by atoms with van der Waals surface area (Å²) in [6.45, 7) is 3.13. The highest BCUT2D eigenvalue weighted by molar-refractivity contribution is 7.78. The van der Waals surface area contributed by atoms with Gasteiger partial charge >= 0.3 is 11.9 Å². The normalized spacial score (nSPS) is 14.3. The topological polar surface area (TPSA) is 102 Å². The van der Waals surface area contributed by atoms with Crippen molar-refractivity contribution in [3.05, 3.63) is 47.1 Å². The number of carboxylic acids is 2.